The lowest BCUT2D eigenvalue weighted by Crippen LogP contribution is -2.32. The van der Waals surface area contributed by atoms with Crippen molar-refractivity contribution in [3.8, 4) is 17.7 Å². The molecule has 4 N–H and O–H groups in total. The number of hydrogen-bond acceptors (Lipinski definition) is 7. The maximum Gasteiger partial charge on any atom is 0.408 e. The molecule has 0 unspecified atom stereocenters. The molecule has 3 rings (SSSR count). The van der Waals surface area contributed by atoms with Crippen LogP contribution in [-0.2, 0) is 19.6 Å². The molecule has 0 fully saturated rings. The summed E-state index contributed by atoms with van der Waals surface area (Å²) in [5.41, 5.74) is 1.15. The Balaban J connectivity index is 1.88. The van der Waals surface area contributed by atoms with Gasteiger partial charge >= 0.3 is 12.1 Å². The third-order valence-corrected chi connectivity index (χ3v) is 6.81. The Morgan fingerprint density at radius 2 is 1.92 bits per heavy atom. The van der Waals surface area contributed by atoms with Gasteiger partial charge in [-0.2, -0.15) is 4.31 Å². The standard InChI is InChI=1S/C26H28N4O7S/c1-26(2,3)37-25(34)27-13-7-9-17-8-5-12-21-23(17)20(24(33)29-21)15-28-18-10-6-11-19(14-18)38(35,36)30(4)16-22(31)32/h5-6,8,10-12,14-15,29,33H,13,16H2,1-4H3,(H,27,34)(H,31,32). The van der Waals surface area contributed by atoms with Gasteiger partial charge in [0.2, 0.25) is 10.0 Å². The molecule has 0 bridgehead atoms. The maximum atomic E-state index is 12.7. The van der Waals surface area contributed by atoms with E-state index in [2.05, 4.69) is 27.1 Å². The lowest BCUT2D eigenvalue weighted by atomic mass is 10.1. The van der Waals surface area contributed by atoms with Crippen molar-refractivity contribution >= 4 is 44.9 Å². The van der Waals surface area contributed by atoms with Crippen LogP contribution in [0.4, 0.5) is 10.5 Å². The van der Waals surface area contributed by atoms with Crippen molar-refractivity contribution in [2.45, 2.75) is 31.3 Å². The number of aromatic hydroxyl groups is 1. The lowest BCUT2D eigenvalue weighted by molar-refractivity contribution is -0.137. The van der Waals surface area contributed by atoms with Crippen molar-refractivity contribution in [2.75, 3.05) is 20.1 Å². The largest absolute Gasteiger partial charge is 0.494 e. The van der Waals surface area contributed by atoms with Crippen LogP contribution in [0, 0.1) is 11.8 Å². The monoisotopic (exact) mass is 540 g/mol. The number of fused-ring (bicyclic) bond motifs is 1. The highest BCUT2D eigenvalue weighted by Crippen LogP contribution is 2.29. The zero-order chi connectivity index (χ0) is 28.1. The Bertz CT molecular complexity index is 1560. The quantitative estimate of drug-likeness (QED) is 0.264. The van der Waals surface area contributed by atoms with E-state index in [1.54, 1.807) is 45.0 Å². The van der Waals surface area contributed by atoms with Crippen molar-refractivity contribution in [3.05, 3.63) is 53.6 Å². The molecule has 1 amide bonds. The highest BCUT2D eigenvalue weighted by atomic mass is 32.2. The summed E-state index contributed by atoms with van der Waals surface area (Å²) in [5.74, 6) is 4.39. The van der Waals surface area contributed by atoms with E-state index in [0.29, 0.717) is 22.0 Å². The Hall–Kier alpha value is -4.34. The predicted octanol–water partition coefficient (Wildman–Crippen LogP) is 3.21. The summed E-state index contributed by atoms with van der Waals surface area (Å²) >= 11 is 0. The summed E-state index contributed by atoms with van der Waals surface area (Å²) in [7, 11) is -2.87. The van der Waals surface area contributed by atoms with Crippen molar-refractivity contribution in [3.63, 3.8) is 0 Å². The molecule has 0 saturated carbocycles. The first kappa shape index (κ1) is 28.2. The summed E-state index contributed by atoms with van der Waals surface area (Å²) in [6.45, 7) is 4.63. The molecule has 1 aromatic heterocycles. The van der Waals surface area contributed by atoms with Gasteiger partial charge in [-0.1, -0.05) is 24.0 Å². The number of benzene rings is 2. The molecule has 0 radical (unpaired) electrons. The van der Waals surface area contributed by atoms with Crippen LogP contribution in [0.1, 0.15) is 31.9 Å². The second-order valence-corrected chi connectivity index (χ2v) is 11.2. The summed E-state index contributed by atoms with van der Waals surface area (Å²) in [4.78, 5) is 29.8. The number of rotatable bonds is 7. The molecule has 11 nitrogen and oxygen atoms in total. The summed E-state index contributed by atoms with van der Waals surface area (Å²) < 4.78 is 31.3. The molecular formula is C26H28N4O7S. The Morgan fingerprint density at radius 1 is 1.21 bits per heavy atom. The van der Waals surface area contributed by atoms with E-state index in [1.165, 1.54) is 31.5 Å². The number of H-pyrrole nitrogens is 1. The van der Waals surface area contributed by atoms with E-state index in [9.17, 15) is 23.1 Å². The number of carbonyl (C=O) groups is 2. The van der Waals surface area contributed by atoms with Crippen LogP contribution >= 0.6 is 0 Å². The van der Waals surface area contributed by atoms with Gasteiger partial charge in [0.15, 0.2) is 5.88 Å². The molecule has 1 heterocycles. The van der Waals surface area contributed by atoms with Gasteiger partial charge in [-0.05, 0) is 51.1 Å². The van der Waals surface area contributed by atoms with E-state index in [-0.39, 0.29) is 23.0 Å². The molecule has 0 aliphatic rings. The van der Waals surface area contributed by atoms with Crippen LogP contribution in [0.5, 0.6) is 5.88 Å². The third-order valence-electron chi connectivity index (χ3n) is 5.01. The fourth-order valence-electron chi connectivity index (χ4n) is 3.38. The number of aromatic nitrogens is 1. The number of nitrogens with one attached hydrogen (secondary N) is 2. The fourth-order valence-corrected chi connectivity index (χ4v) is 4.54. The molecule has 38 heavy (non-hydrogen) atoms. The normalized spacial score (nSPS) is 11.9. The molecule has 0 atom stereocenters. The van der Waals surface area contributed by atoms with Gasteiger partial charge in [-0.15, -0.1) is 0 Å². The highest BCUT2D eigenvalue weighted by Gasteiger charge is 2.23. The molecule has 0 aliphatic carbocycles. The average molecular weight is 541 g/mol. The first-order chi connectivity index (χ1) is 17.8. The molecule has 3 aromatic rings. The van der Waals surface area contributed by atoms with E-state index >= 15 is 0 Å². The fraction of sp³-hybridized carbons (Fsp3) is 0.269. The maximum absolute atomic E-state index is 12.7. The Labute approximate surface area is 220 Å². The van der Waals surface area contributed by atoms with Gasteiger partial charge in [0.25, 0.3) is 0 Å². The van der Waals surface area contributed by atoms with Crippen LogP contribution in [0.25, 0.3) is 10.9 Å². The van der Waals surface area contributed by atoms with Crippen molar-refractivity contribution in [2.24, 2.45) is 4.99 Å². The molecular weight excluding hydrogens is 512 g/mol. The number of carbonyl (C=O) groups excluding carboxylic acids is 1. The Kier molecular flexibility index (Phi) is 8.45. The number of carboxylic acid groups (broad SMARTS) is 1. The molecule has 2 aromatic carbocycles. The van der Waals surface area contributed by atoms with Gasteiger partial charge in [-0.25, -0.2) is 13.2 Å². The van der Waals surface area contributed by atoms with Gasteiger partial charge in [0.1, 0.15) is 12.1 Å². The number of alkyl carbamates (subject to hydrolysis) is 1. The first-order valence-corrected chi connectivity index (χ1v) is 12.8. The molecule has 0 saturated heterocycles. The van der Waals surface area contributed by atoms with Crippen LogP contribution in [0.2, 0.25) is 0 Å². The first-order valence-electron chi connectivity index (χ1n) is 11.4. The second kappa shape index (κ2) is 11.4. The number of nitrogens with zero attached hydrogens (tertiary/aromatic N) is 2. The minimum atomic E-state index is -4.04. The van der Waals surface area contributed by atoms with E-state index < -0.39 is 34.2 Å². The number of sulfonamides is 1. The minimum Gasteiger partial charge on any atom is -0.494 e. The topological polar surface area (TPSA) is 161 Å². The number of aliphatic imine (C=N–C) groups is 1. The zero-order valence-electron chi connectivity index (χ0n) is 21.3. The van der Waals surface area contributed by atoms with Crippen molar-refractivity contribution in [1.82, 2.24) is 14.6 Å². The van der Waals surface area contributed by atoms with Crippen LogP contribution < -0.4 is 5.32 Å². The number of likely N-dealkylation sites (N-methyl/N-ethyl adjacent to an activating group) is 1. The number of ether oxygens (including phenoxy) is 1. The SMILES string of the molecule is CN(CC(=O)O)S(=O)(=O)c1cccc(N=Cc2c(O)[nH]c3cccc(C#CCNC(=O)OC(C)(C)C)c23)c1. The summed E-state index contributed by atoms with van der Waals surface area (Å²) in [6.07, 6.45) is 0.792. The van der Waals surface area contributed by atoms with Crippen molar-refractivity contribution in [1.29, 1.82) is 0 Å². The van der Waals surface area contributed by atoms with Crippen LogP contribution in [0.3, 0.4) is 0 Å². The number of aromatic amines is 1. The summed E-state index contributed by atoms with van der Waals surface area (Å²) in [6, 6.07) is 11.0. The minimum absolute atomic E-state index is 0.0444. The average Bonchev–Trinajstić information content (AvgIpc) is 3.14. The van der Waals surface area contributed by atoms with Crippen LogP contribution in [-0.4, -0.2) is 71.9 Å². The number of amides is 1. The predicted molar refractivity (Wildman–Crippen MR) is 142 cm³/mol. The number of aliphatic carboxylic acids is 1. The highest BCUT2D eigenvalue weighted by molar-refractivity contribution is 7.89. The molecule has 0 spiro atoms. The molecule has 200 valence electrons. The zero-order valence-corrected chi connectivity index (χ0v) is 22.1. The second-order valence-electron chi connectivity index (χ2n) is 9.18. The Morgan fingerprint density at radius 3 is 2.61 bits per heavy atom. The number of hydrogen-bond donors (Lipinski definition) is 4. The van der Waals surface area contributed by atoms with Gasteiger partial charge in [0, 0.05) is 24.2 Å². The number of carboxylic acids is 1. The van der Waals surface area contributed by atoms with E-state index in [4.69, 9.17) is 9.84 Å². The van der Waals surface area contributed by atoms with Gasteiger partial charge in [0.05, 0.1) is 28.2 Å². The van der Waals surface area contributed by atoms with E-state index in [0.717, 1.165) is 4.31 Å². The van der Waals surface area contributed by atoms with Gasteiger partial charge < -0.3 is 25.3 Å². The van der Waals surface area contributed by atoms with Crippen molar-refractivity contribution < 1.29 is 33.0 Å². The van der Waals surface area contributed by atoms with Gasteiger partial charge in [-0.3, -0.25) is 9.79 Å². The third kappa shape index (κ3) is 7.12. The summed E-state index contributed by atoms with van der Waals surface area (Å²) in [5, 5.41) is 22.6. The molecule has 0 aliphatic heterocycles. The lowest BCUT2D eigenvalue weighted by Gasteiger charge is -2.19. The van der Waals surface area contributed by atoms with E-state index in [1.807, 2.05) is 0 Å². The smallest absolute Gasteiger partial charge is 0.408 e. The van der Waals surface area contributed by atoms with Crippen LogP contribution in [0.15, 0.2) is 52.4 Å². The molecule has 12 heteroatoms.